The summed E-state index contributed by atoms with van der Waals surface area (Å²) in [5, 5.41) is 5.78. The molecule has 2 aromatic rings. The normalized spacial score (nSPS) is 9.95. The van der Waals surface area contributed by atoms with Crippen molar-refractivity contribution in [1.29, 1.82) is 0 Å². The zero-order valence-corrected chi connectivity index (χ0v) is 12.0. The highest BCUT2D eigenvalue weighted by Crippen LogP contribution is 2.08. The van der Waals surface area contributed by atoms with Crippen molar-refractivity contribution < 1.29 is 9.53 Å². The van der Waals surface area contributed by atoms with Gasteiger partial charge >= 0.3 is 0 Å². The van der Waals surface area contributed by atoms with Crippen LogP contribution < -0.4 is 15.4 Å². The van der Waals surface area contributed by atoms with E-state index in [0.29, 0.717) is 18.8 Å². The van der Waals surface area contributed by atoms with Crippen LogP contribution in [0.2, 0.25) is 0 Å². The Morgan fingerprint density at radius 1 is 1.19 bits per heavy atom. The summed E-state index contributed by atoms with van der Waals surface area (Å²) in [6, 6.07) is 13.1. The number of carbonyl (C=O) groups excluding carboxylic acids is 1. The highest BCUT2D eigenvalue weighted by Gasteiger charge is 2.05. The molecule has 0 aliphatic rings. The van der Waals surface area contributed by atoms with Crippen molar-refractivity contribution in [3.05, 3.63) is 54.4 Å². The molecular formula is C16H19N3O2. The fourth-order valence-corrected chi connectivity index (χ4v) is 1.75. The minimum absolute atomic E-state index is 0.169. The molecule has 5 nitrogen and oxygen atoms in total. The van der Waals surface area contributed by atoms with Crippen molar-refractivity contribution in [3.8, 4) is 5.75 Å². The maximum absolute atomic E-state index is 11.8. The molecule has 1 heterocycles. The van der Waals surface area contributed by atoms with Crippen molar-refractivity contribution in [1.82, 2.24) is 10.3 Å². The number of nitrogens with zero attached hydrogens (tertiary/aromatic N) is 1. The van der Waals surface area contributed by atoms with Gasteiger partial charge in [0.05, 0.1) is 18.5 Å². The van der Waals surface area contributed by atoms with Gasteiger partial charge in [-0.15, -0.1) is 0 Å². The lowest BCUT2D eigenvalue weighted by Gasteiger charge is -2.07. The number of nitrogens with one attached hydrogen (secondary N) is 2. The molecule has 1 aromatic carbocycles. The van der Waals surface area contributed by atoms with Crippen LogP contribution in [0.25, 0.3) is 0 Å². The second-order valence-electron chi connectivity index (χ2n) is 4.45. The number of aromatic nitrogens is 1. The molecule has 0 fully saturated rings. The second kappa shape index (κ2) is 7.89. The van der Waals surface area contributed by atoms with E-state index < -0.39 is 0 Å². The predicted octanol–water partition coefficient (Wildman–Crippen LogP) is 2.32. The van der Waals surface area contributed by atoms with E-state index in [4.69, 9.17) is 4.74 Å². The summed E-state index contributed by atoms with van der Waals surface area (Å²) in [6.07, 6.45) is 2.38. The molecule has 0 spiro atoms. The number of hydrogen-bond donors (Lipinski definition) is 2. The molecule has 21 heavy (non-hydrogen) atoms. The Morgan fingerprint density at radius 3 is 2.67 bits per heavy atom. The van der Waals surface area contributed by atoms with Gasteiger partial charge in [-0.1, -0.05) is 18.2 Å². The SMILES string of the molecule is CNc1ccc(C(=O)NCCCOc2ccccc2)nc1. The van der Waals surface area contributed by atoms with Gasteiger partial charge in [-0.25, -0.2) is 4.98 Å². The van der Waals surface area contributed by atoms with Gasteiger partial charge < -0.3 is 15.4 Å². The van der Waals surface area contributed by atoms with E-state index in [1.54, 1.807) is 12.3 Å². The first-order valence-corrected chi connectivity index (χ1v) is 6.89. The van der Waals surface area contributed by atoms with E-state index in [0.717, 1.165) is 17.9 Å². The number of carbonyl (C=O) groups is 1. The third-order valence-corrected chi connectivity index (χ3v) is 2.90. The zero-order valence-electron chi connectivity index (χ0n) is 12.0. The molecule has 1 amide bonds. The molecule has 0 saturated carbocycles. The maximum atomic E-state index is 11.8. The summed E-state index contributed by atoms with van der Waals surface area (Å²) < 4.78 is 5.55. The van der Waals surface area contributed by atoms with Crippen molar-refractivity contribution >= 4 is 11.6 Å². The highest BCUT2D eigenvalue weighted by atomic mass is 16.5. The first-order valence-electron chi connectivity index (χ1n) is 6.89. The molecular weight excluding hydrogens is 266 g/mol. The summed E-state index contributed by atoms with van der Waals surface area (Å²) >= 11 is 0. The van der Waals surface area contributed by atoms with Gasteiger partial charge in [-0.05, 0) is 30.7 Å². The first-order chi connectivity index (χ1) is 10.3. The summed E-state index contributed by atoms with van der Waals surface area (Å²) in [4.78, 5) is 15.9. The molecule has 0 atom stereocenters. The Bertz CT molecular complexity index is 555. The lowest BCUT2D eigenvalue weighted by molar-refractivity contribution is 0.0946. The first kappa shape index (κ1) is 14.8. The molecule has 2 N–H and O–H groups in total. The van der Waals surface area contributed by atoms with E-state index in [-0.39, 0.29) is 5.91 Å². The number of para-hydroxylation sites is 1. The molecule has 0 bridgehead atoms. The Morgan fingerprint density at radius 2 is 2.00 bits per heavy atom. The van der Waals surface area contributed by atoms with Crippen LogP contribution in [0.4, 0.5) is 5.69 Å². The molecule has 0 radical (unpaired) electrons. The van der Waals surface area contributed by atoms with Crippen LogP contribution in [-0.2, 0) is 0 Å². The fraction of sp³-hybridized carbons (Fsp3) is 0.250. The zero-order chi connectivity index (χ0) is 14.9. The Kier molecular flexibility index (Phi) is 5.58. The van der Waals surface area contributed by atoms with Crippen LogP contribution in [-0.4, -0.2) is 31.1 Å². The number of pyridine rings is 1. The summed E-state index contributed by atoms with van der Waals surface area (Å²) in [5.41, 5.74) is 1.29. The van der Waals surface area contributed by atoms with Crippen LogP contribution in [0.1, 0.15) is 16.9 Å². The van der Waals surface area contributed by atoms with Crippen molar-refractivity contribution in [3.63, 3.8) is 0 Å². The number of rotatable bonds is 7. The van der Waals surface area contributed by atoms with Crippen LogP contribution in [0, 0.1) is 0 Å². The van der Waals surface area contributed by atoms with Crippen molar-refractivity contribution in [2.24, 2.45) is 0 Å². The van der Waals surface area contributed by atoms with Crippen LogP contribution in [0.3, 0.4) is 0 Å². The average molecular weight is 285 g/mol. The predicted molar refractivity (Wildman–Crippen MR) is 82.7 cm³/mol. The largest absolute Gasteiger partial charge is 0.494 e. The van der Waals surface area contributed by atoms with Crippen LogP contribution in [0.15, 0.2) is 48.7 Å². The molecule has 2 rings (SSSR count). The van der Waals surface area contributed by atoms with Crippen molar-refractivity contribution in [2.45, 2.75) is 6.42 Å². The fourth-order valence-electron chi connectivity index (χ4n) is 1.75. The third kappa shape index (κ3) is 4.80. The average Bonchev–Trinajstić information content (AvgIpc) is 2.55. The number of anilines is 1. The Balaban J connectivity index is 1.67. The van der Waals surface area contributed by atoms with Gasteiger partial charge in [-0.3, -0.25) is 4.79 Å². The van der Waals surface area contributed by atoms with E-state index >= 15 is 0 Å². The van der Waals surface area contributed by atoms with Crippen LogP contribution in [0.5, 0.6) is 5.75 Å². The molecule has 0 aliphatic heterocycles. The number of hydrogen-bond acceptors (Lipinski definition) is 4. The maximum Gasteiger partial charge on any atom is 0.269 e. The van der Waals surface area contributed by atoms with Crippen molar-refractivity contribution in [2.75, 3.05) is 25.5 Å². The minimum atomic E-state index is -0.169. The molecule has 5 heteroatoms. The van der Waals surface area contributed by atoms with E-state index in [2.05, 4.69) is 15.6 Å². The standard InChI is InChI=1S/C16H19N3O2/c1-17-13-8-9-15(19-12-13)16(20)18-10-5-11-21-14-6-3-2-4-7-14/h2-4,6-9,12,17H,5,10-11H2,1H3,(H,18,20). The van der Waals surface area contributed by atoms with Gasteiger partial charge in [0.2, 0.25) is 0 Å². The smallest absolute Gasteiger partial charge is 0.269 e. The minimum Gasteiger partial charge on any atom is -0.494 e. The lowest BCUT2D eigenvalue weighted by atomic mass is 10.3. The molecule has 0 saturated heterocycles. The Labute approximate surface area is 124 Å². The topological polar surface area (TPSA) is 63.2 Å². The number of ether oxygens (including phenoxy) is 1. The molecule has 1 aromatic heterocycles. The molecule has 0 aliphatic carbocycles. The summed E-state index contributed by atoms with van der Waals surface area (Å²) in [7, 11) is 1.81. The highest BCUT2D eigenvalue weighted by molar-refractivity contribution is 5.92. The molecule has 0 unspecified atom stereocenters. The van der Waals surface area contributed by atoms with Gasteiger partial charge in [0.15, 0.2) is 0 Å². The quantitative estimate of drug-likeness (QED) is 0.766. The monoisotopic (exact) mass is 285 g/mol. The van der Waals surface area contributed by atoms with Gasteiger partial charge in [0, 0.05) is 13.6 Å². The van der Waals surface area contributed by atoms with E-state index in [1.165, 1.54) is 0 Å². The Hall–Kier alpha value is -2.56. The van der Waals surface area contributed by atoms with Gasteiger partial charge in [0.25, 0.3) is 5.91 Å². The van der Waals surface area contributed by atoms with Gasteiger partial charge in [-0.2, -0.15) is 0 Å². The molecule has 110 valence electrons. The number of amides is 1. The van der Waals surface area contributed by atoms with E-state index in [9.17, 15) is 4.79 Å². The second-order valence-corrected chi connectivity index (χ2v) is 4.45. The van der Waals surface area contributed by atoms with E-state index in [1.807, 2.05) is 43.4 Å². The third-order valence-electron chi connectivity index (χ3n) is 2.90. The summed E-state index contributed by atoms with van der Waals surface area (Å²) in [6.45, 7) is 1.12. The lowest BCUT2D eigenvalue weighted by Crippen LogP contribution is -2.26. The summed E-state index contributed by atoms with van der Waals surface area (Å²) in [5.74, 6) is 0.672. The number of benzene rings is 1. The van der Waals surface area contributed by atoms with Gasteiger partial charge in [0.1, 0.15) is 11.4 Å². The van der Waals surface area contributed by atoms with Crippen LogP contribution >= 0.6 is 0 Å².